The Morgan fingerprint density at radius 1 is 1.39 bits per heavy atom. The van der Waals surface area contributed by atoms with Crippen LogP contribution in [0.2, 0.25) is 0 Å². The predicted molar refractivity (Wildman–Crippen MR) is 79.4 cm³/mol. The van der Waals surface area contributed by atoms with Gasteiger partial charge in [0.25, 0.3) is 5.91 Å². The molecule has 8 heteroatoms. The molecule has 0 unspecified atom stereocenters. The van der Waals surface area contributed by atoms with Crippen molar-refractivity contribution in [3.63, 3.8) is 0 Å². The lowest BCUT2D eigenvalue weighted by Crippen LogP contribution is -2.49. The number of imide groups is 1. The largest absolute Gasteiger partial charge is 0.338 e. The molecule has 2 aliphatic heterocycles. The first-order chi connectivity index (χ1) is 11.0. The summed E-state index contributed by atoms with van der Waals surface area (Å²) in [6.45, 7) is 5.43. The molecular formula is C15H21N5O3. The van der Waals surface area contributed by atoms with Gasteiger partial charge in [-0.05, 0) is 33.1 Å². The van der Waals surface area contributed by atoms with Gasteiger partial charge >= 0.3 is 6.03 Å². The maximum Gasteiger partial charge on any atom is 0.325 e. The standard InChI is InChI=1S/C15H21N5O3/c1-9(2)20-13(21)15(17-14(20)22)5-6-19(8-15)7-11-16-12(18-23-11)10-3-4-10/h9-10H,3-8H2,1-2H3,(H,17,22)/t15-/m0/s1. The first-order valence-corrected chi connectivity index (χ1v) is 8.19. The van der Waals surface area contributed by atoms with Gasteiger partial charge in [-0.1, -0.05) is 5.16 Å². The van der Waals surface area contributed by atoms with Crippen LogP contribution in [-0.4, -0.2) is 56.5 Å². The van der Waals surface area contributed by atoms with Crippen molar-refractivity contribution in [2.75, 3.05) is 13.1 Å². The van der Waals surface area contributed by atoms with E-state index in [9.17, 15) is 9.59 Å². The monoisotopic (exact) mass is 319 g/mol. The van der Waals surface area contributed by atoms with Crippen LogP contribution in [0.4, 0.5) is 4.79 Å². The van der Waals surface area contributed by atoms with E-state index in [4.69, 9.17) is 4.52 Å². The average molecular weight is 319 g/mol. The third-order valence-electron chi connectivity index (χ3n) is 4.84. The number of carbonyl (C=O) groups excluding carboxylic acids is 2. The van der Waals surface area contributed by atoms with Crippen molar-refractivity contribution in [1.82, 2.24) is 25.3 Å². The van der Waals surface area contributed by atoms with Crippen LogP contribution >= 0.6 is 0 Å². The SMILES string of the molecule is CC(C)N1C(=O)N[C@]2(CCN(Cc3nc(C4CC4)no3)C2)C1=O. The number of hydrogen-bond donors (Lipinski definition) is 1. The van der Waals surface area contributed by atoms with Gasteiger partial charge in [0.1, 0.15) is 5.54 Å². The Morgan fingerprint density at radius 3 is 2.83 bits per heavy atom. The molecule has 124 valence electrons. The lowest BCUT2D eigenvalue weighted by molar-refractivity contribution is -0.132. The summed E-state index contributed by atoms with van der Waals surface area (Å²) in [6.07, 6.45) is 2.89. The van der Waals surface area contributed by atoms with Gasteiger partial charge in [0.2, 0.25) is 5.89 Å². The van der Waals surface area contributed by atoms with Crippen LogP contribution in [-0.2, 0) is 11.3 Å². The van der Waals surface area contributed by atoms with Crippen molar-refractivity contribution in [2.45, 2.75) is 57.2 Å². The first-order valence-electron chi connectivity index (χ1n) is 8.19. The molecule has 4 rings (SSSR count). The summed E-state index contributed by atoms with van der Waals surface area (Å²) in [4.78, 5) is 32.6. The highest BCUT2D eigenvalue weighted by Gasteiger charge is 2.55. The van der Waals surface area contributed by atoms with E-state index in [1.54, 1.807) is 0 Å². The van der Waals surface area contributed by atoms with Crippen molar-refractivity contribution in [3.05, 3.63) is 11.7 Å². The number of aromatic nitrogens is 2. The van der Waals surface area contributed by atoms with E-state index in [0.29, 0.717) is 31.3 Å². The van der Waals surface area contributed by atoms with E-state index in [-0.39, 0.29) is 18.0 Å². The molecule has 2 saturated heterocycles. The second-order valence-electron chi connectivity index (χ2n) is 7.06. The third kappa shape index (κ3) is 2.41. The Bertz CT molecular complexity index is 653. The smallest absolute Gasteiger partial charge is 0.325 e. The average Bonchev–Trinajstić information content (AvgIpc) is 3.02. The Hall–Kier alpha value is -1.96. The van der Waals surface area contributed by atoms with Crippen LogP contribution in [0.1, 0.15) is 50.7 Å². The van der Waals surface area contributed by atoms with Gasteiger partial charge in [0.15, 0.2) is 5.82 Å². The summed E-state index contributed by atoms with van der Waals surface area (Å²) in [5, 5.41) is 6.90. The maximum absolute atomic E-state index is 12.6. The summed E-state index contributed by atoms with van der Waals surface area (Å²) in [5.74, 6) is 1.73. The van der Waals surface area contributed by atoms with Crippen molar-refractivity contribution in [3.8, 4) is 0 Å². The molecule has 1 spiro atoms. The summed E-state index contributed by atoms with van der Waals surface area (Å²) in [7, 11) is 0. The summed E-state index contributed by atoms with van der Waals surface area (Å²) in [6, 6.07) is -0.423. The molecule has 0 aromatic carbocycles. The van der Waals surface area contributed by atoms with Crippen LogP contribution in [0.3, 0.4) is 0 Å². The molecule has 1 saturated carbocycles. The van der Waals surface area contributed by atoms with Gasteiger partial charge in [-0.25, -0.2) is 4.79 Å². The van der Waals surface area contributed by atoms with Crippen molar-refractivity contribution in [2.24, 2.45) is 0 Å². The zero-order chi connectivity index (χ0) is 16.2. The van der Waals surface area contributed by atoms with Crippen LogP contribution in [0, 0.1) is 0 Å². The predicted octanol–water partition coefficient (Wildman–Crippen LogP) is 0.852. The first kappa shape index (κ1) is 14.6. The van der Waals surface area contributed by atoms with E-state index in [1.165, 1.54) is 4.90 Å². The van der Waals surface area contributed by atoms with Crippen LogP contribution in [0.15, 0.2) is 4.52 Å². The molecule has 1 atom stereocenters. The van der Waals surface area contributed by atoms with E-state index >= 15 is 0 Å². The molecule has 3 fully saturated rings. The van der Waals surface area contributed by atoms with E-state index in [2.05, 4.69) is 20.4 Å². The van der Waals surface area contributed by atoms with Gasteiger partial charge in [-0.15, -0.1) is 0 Å². The number of rotatable bonds is 4. The van der Waals surface area contributed by atoms with Crippen molar-refractivity contribution >= 4 is 11.9 Å². The Balaban J connectivity index is 1.44. The molecule has 3 aliphatic rings. The molecule has 0 radical (unpaired) electrons. The zero-order valence-electron chi connectivity index (χ0n) is 13.4. The van der Waals surface area contributed by atoms with Gasteiger partial charge in [0, 0.05) is 25.0 Å². The molecule has 1 N–H and O–H groups in total. The number of amides is 3. The van der Waals surface area contributed by atoms with Crippen molar-refractivity contribution in [1.29, 1.82) is 0 Å². The number of nitrogens with zero attached hydrogens (tertiary/aromatic N) is 4. The minimum atomic E-state index is -0.791. The highest BCUT2D eigenvalue weighted by atomic mass is 16.5. The molecule has 3 amide bonds. The number of carbonyl (C=O) groups is 2. The summed E-state index contributed by atoms with van der Waals surface area (Å²) >= 11 is 0. The lowest BCUT2D eigenvalue weighted by atomic mass is 9.99. The Morgan fingerprint density at radius 2 is 2.17 bits per heavy atom. The van der Waals surface area contributed by atoms with Gasteiger partial charge in [0.05, 0.1) is 6.54 Å². The lowest BCUT2D eigenvalue weighted by Gasteiger charge is -2.22. The van der Waals surface area contributed by atoms with Crippen LogP contribution in [0.5, 0.6) is 0 Å². The molecule has 1 aromatic rings. The number of hydrogen-bond acceptors (Lipinski definition) is 6. The third-order valence-corrected chi connectivity index (χ3v) is 4.84. The second-order valence-corrected chi connectivity index (χ2v) is 7.06. The van der Waals surface area contributed by atoms with E-state index in [1.807, 2.05) is 13.8 Å². The number of likely N-dealkylation sites (tertiary alicyclic amines) is 1. The normalized spacial score (nSPS) is 28.4. The Labute approximate surface area is 134 Å². The van der Waals surface area contributed by atoms with Crippen molar-refractivity contribution < 1.29 is 14.1 Å². The fourth-order valence-electron chi connectivity index (χ4n) is 3.44. The minimum Gasteiger partial charge on any atom is -0.338 e. The van der Waals surface area contributed by atoms with Gasteiger partial charge < -0.3 is 9.84 Å². The topological polar surface area (TPSA) is 91.6 Å². The molecule has 0 bridgehead atoms. The van der Waals surface area contributed by atoms with Gasteiger partial charge in [-0.2, -0.15) is 4.98 Å². The number of urea groups is 1. The minimum absolute atomic E-state index is 0.121. The molecular weight excluding hydrogens is 298 g/mol. The molecule has 1 aromatic heterocycles. The highest BCUT2D eigenvalue weighted by molar-refractivity contribution is 6.07. The maximum atomic E-state index is 12.6. The van der Waals surface area contributed by atoms with E-state index < -0.39 is 5.54 Å². The zero-order valence-corrected chi connectivity index (χ0v) is 13.4. The summed E-state index contributed by atoms with van der Waals surface area (Å²) < 4.78 is 5.30. The fourth-order valence-corrected chi connectivity index (χ4v) is 3.44. The molecule has 3 heterocycles. The molecule has 8 nitrogen and oxygen atoms in total. The number of nitrogens with one attached hydrogen (secondary N) is 1. The summed E-state index contributed by atoms with van der Waals surface area (Å²) in [5.41, 5.74) is -0.791. The Kier molecular flexibility index (Phi) is 3.19. The van der Waals surface area contributed by atoms with Crippen LogP contribution < -0.4 is 5.32 Å². The van der Waals surface area contributed by atoms with E-state index in [0.717, 1.165) is 25.2 Å². The molecule has 1 aliphatic carbocycles. The quantitative estimate of drug-likeness (QED) is 0.827. The van der Waals surface area contributed by atoms with Gasteiger partial charge in [-0.3, -0.25) is 14.6 Å². The fraction of sp³-hybridized carbons (Fsp3) is 0.733. The van der Waals surface area contributed by atoms with Crippen LogP contribution in [0.25, 0.3) is 0 Å². The highest BCUT2D eigenvalue weighted by Crippen LogP contribution is 2.38. The molecule has 23 heavy (non-hydrogen) atoms. The second kappa shape index (κ2) is 5.02.